The normalized spacial score (nSPS) is 12.6. The van der Waals surface area contributed by atoms with Gasteiger partial charge in [0, 0.05) is 10.0 Å². The highest BCUT2D eigenvalue weighted by molar-refractivity contribution is 14.2. The molecule has 0 heterocycles. The van der Waals surface area contributed by atoms with Crippen LogP contribution in [0.2, 0.25) is 0 Å². The molecule has 0 aliphatic heterocycles. The number of alkyl halides is 3. The SMILES string of the molecule is C=IC(F)(F)c1c(Br)cc(C=C[NH3+])c(C(C)C)c1CC. The minimum atomic E-state index is -2.81. The maximum atomic E-state index is 14.3. The molecule has 112 valence electrons. The number of hydrogen-bond acceptors (Lipinski definition) is 0. The lowest BCUT2D eigenvalue weighted by Gasteiger charge is -2.24. The molecule has 0 spiro atoms. The molecule has 0 aliphatic carbocycles. The zero-order valence-electron chi connectivity index (χ0n) is 11.9. The van der Waals surface area contributed by atoms with Crippen LogP contribution in [0.3, 0.4) is 0 Å². The van der Waals surface area contributed by atoms with Gasteiger partial charge in [0.25, 0.3) is 0 Å². The van der Waals surface area contributed by atoms with Gasteiger partial charge in [-0.1, -0.05) is 41.2 Å². The van der Waals surface area contributed by atoms with E-state index in [2.05, 4.69) is 26.2 Å². The lowest BCUT2D eigenvalue weighted by molar-refractivity contribution is -0.273. The van der Waals surface area contributed by atoms with E-state index in [1.165, 1.54) is 0 Å². The first-order valence-electron chi connectivity index (χ1n) is 6.38. The highest BCUT2D eigenvalue weighted by Crippen LogP contribution is 2.47. The molecule has 1 nitrogen and oxygen atoms in total. The molecule has 3 N–H and O–H groups in total. The zero-order valence-corrected chi connectivity index (χ0v) is 15.7. The lowest BCUT2D eigenvalue weighted by atomic mass is 9.87. The van der Waals surface area contributed by atoms with E-state index in [-0.39, 0.29) is 11.5 Å². The summed E-state index contributed by atoms with van der Waals surface area (Å²) in [5.74, 6) is 0.182. The standard InChI is InChI=1S/C15H19BrF2IN/c1-5-11-13(9(2)3)10(6-7-20)8-12(16)14(11)15(17,18)19-4/h6-9H,4-5,20H2,1-3H3/p+1. The molecule has 0 fully saturated rings. The molecule has 1 aromatic carbocycles. The van der Waals surface area contributed by atoms with Crippen molar-refractivity contribution < 1.29 is 14.5 Å². The third kappa shape index (κ3) is 3.54. The van der Waals surface area contributed by atoms with Crippen molar-refractivity contribution in [2.45, 2.75) is 37.0 Å². The molecule has 1 rings (SSSR count). The summed E-state index contributed by atoms with van der Waals surface area (Å²) in [6.45, 7) is 5.99. The Bertz CT molecular complexity index is 539. The zero-order chi connectivity index (χ0) is 15.5. The highest BCUT2D eigenvalue weighted by Gasteiger charge is 2.35. The Kier molecular flexibility index (Phi) is 6.47. The molecule has 0 unspecified atom stereocenters. The van der Waals surface area contributed by atoms with Gasteiger partial charge in [0.2, 0.25) is 0 Å². The van der Waals surface area contributed by atoms with Crippen molar-refractivity contribution in [1.82, 2.24) is 0 Å². The molecule has 0 saturated heterocycles. The van der Waals surface area contributed by atoms with Gasteiger partial charge in [-0.05, 0) is 61.9 Å². The third-order valence-corrected chi connectivity index (χ3v) is 5.26. The van der Waals surface area contributed by atoms with E-state index in [1.54, 1.807) is 12.3 Å². The molecular formula is C15H20BrF2IN+. The van der Waals surface area contributed by atoms with Crippen LogP contribution in [0.4, 0.5) is 8.78 Å². The van der Waals surface area contributed by atoms with Crippen LogP contribution in [0.5, 0.6) is 0 Å². The second-order valence-electron chi connectivity index (χ2n) is 4.76. The Labute approximate surface area is 137 Å². The van der Waals surface area contributed by atoms with Crippen molar-refractivity contribution >= 4 is 47.3 Å². The van der Waals surface area contributed by atoms with Crippen molar-refractivity contribution in [3.63, 3.8) is 0 Å². The van der Waals surface area contributed by atoms with Crippen LogP contribution >= 0.6 is 36.7 Å². The summed E-state index contributed by atoms with van der Waals surface area (Å²) in [6, 6.07) is 1.78. The topological polar surface area (TPSA) is 27.6 Å². The van der Waals surface area contributed by atoms with Crippen molar-refractivity contribution in [3.05, 3.63) is 39.0 Å². The van der Waals surface area contributed by atoms with E-state index >= 15 is 0 Å². The molecule has 0 bridgehead atoms. The minimum absolute atomic E-state index is 0.132. The number of hydrogen-bond donors (Lipinski definition) is 1. The van der Waals surface area contributed by atoms with E-state index in [1.807, 2.05) is 26.8 Å². The fourth-order valence-electron chi connectivity index (χ4n) is 2.43. The van der Waals surface area contributed by atoms with Gasteiger partial charge in [-0.3, -0.25) is 0 Å². The van der Waals surface area contributed by atoms with E-state index in [0.29, 0.717) is 10.9 Å². The molecule has 0 saturated carbocycles. The van der Waals surface area contributed by atoms with Crippen molar-refractivity contribution in [2.24, 2.45) is 0 Å². The second-order valence-corrected chi connectivity index (χ2v) is 7.73. The summed E-state index contributed by atoms with van der Waals surface area (Å²) in [4.78, 5) is 0. The molecule has 20 heavy (non-hydrogen) atoms. The van der Waals surface area contributed by atoms with Gasteiger partial charge in [-0.15, -0.1) is 0 Å². The molecule has 0 aromatic heterocycles. The van der Waals surface area contributed by atoms with Crippen LogP contribution in [0.1, 0.15) is 48.9 Å². The van der Waals surface area contributed by atoms with Gasteiger partial charge < -0.3 is 5.73 Å². The summed E-state index contributed by atoms with van der Waals surface area (Å²) in [6.07, 6.45) is 4.15. The third-order valence-electron chi connectivity index (χ3n) is 3.14. The van der Waals surface area contributed by atoms with Crippen molar-refractivity contribution in [2.75, 3.05) is 0 Å². The van der Waals surface area contributed by atoms with Gasteiger partial charge in [0.15, 0.2) is 0 Å². The number of benzene rings is 1. The molecule has 0 radical (unpaired) electrons. The van der Waals surface area contributed by atoms with E-state index in [0.717, 1.165) is 16.7 Å². The van der Waals surface area contributed by atoms with Crippen LogP contribution < -0.4 is 5.73 Å². The maximum Gasteiger partial charge on any atom is 0.317 e. The Morgan fingerprint density at radius 2 is 2.10 bits per heavy atom. The highest BCUT2D eigenvalue weighted by atomic mass is 127. The monoisotopic (exact) mass is 458 g/mol. The molecule has 0 aliphatic rings. The maximum absolute atomic E-state index is 14.3. The minimum Gasteiger partial charge on any atom is -0.331 e. The van der Waals surface area contributed by atoms with Crippen LogP contribution in [0.25, 0.3) is 6.08 Å². The average molecular weight is 459 g/mol. The average Bonchev–Trinajstić information content (AvgIpc) is 2.37. The molecular weight excluding hydrogens is 439 g/mol. The summed E-state index contributed by atoms with van der Waals surface area (Å²) in [5, 5.41) is 0. The predicted octanol–water partition coefficient (Wildman–Crippen LogP) is 4.80. The van der Waals surface area contributed by atoms with Gasteiger partial charge in [-0.2, -0.15) is 8.78 Å². The second kappa shape index (κ2) is 7.22. The van der Waals surface area contributed by atoms with E-state index in [9.17, 15) is 8.78 Å². The Hall–Kier alpha value is -0.140. The number of halogens is 4. The quantitative estimate of drug-likeness (QED) is 0.485. The van der Waals surface area contributed by atoms with Crippen LogP contribution in [-0.2, 0) is 10.4 Å². The smallest absolute Gasteiger partial charge is 0.317 e. The summed E-state index contributed by atoms with van der Waals surface area (Å²) < 4.78 is 29.7. The summed E-state index contributed by atoms with van der Waals surface area (Å²) in [7, 11) is 0. The van der Waals surface area contributed by atoms with Gasteiger partial charge in [0.1, 0.15) is 0 Å². The van der Waals surface area contributed by atoms with Gasteiger partial charge in [0.05, 0.1) is 6.20 Å². The van der Waals surface area contributed by atoms with Crippen molar-refractivity contribution in [3.8, 4) is 0 Å². The van der Waals surface area contributed by atoms with Crippen LogP contribution in [0, 0.1) is 0 Å². The van der Waals surface area contributed by atoms with Crippen LogP contribution in [0.15, 0.2) is 16.7 Å². The van der Waals surface area contributed by atoms with Crippen molar-refractivity contribution in [1.29, 1.82) is 0 Å². The Morgan fingerprint density at radius 1 is 1.50 bits per heavy atom. The van der Waals surface area contributed by atoms with E-state index < -0.39 is 24.7 Å². The molecule has 5 heteroatoms. The van der Waals surface area contributed by atoms with E-state index in [4.69, 9.17) is 0 Å². The molecule has 0 amide bonds. The fraction of sp³-hybridized carbons (Fsp3) is 0.400. The van der Waals surface area contributed by atoms with Gasteiger partial charge >= 0.3 is 3.93 Å². The fourth-order valence-corrected chi connectivity index (χ4v) is 4.53. The van der Waals surface area contributed by atoms with Crippen LogP contribution in [-0.4, -0.2) is 4.51 Å². The largest absolute Gasteiger partial charge is 0.331 e. The summed E-state index contributed by atoms with van der Waals surface area (Å²) >= 11 is 1.87. The summed E-state index contributed by atoms with van der Waals surface area (Å²) in [5.41, 5.74) is 6.53. The first kappa shape index (κ1) is 17.9. The Balaban J connectivity index is 3.80. The van der Waals surface area contributed by atoms with Gasteiger partial charge in [-0.25, -0.2) is 0 Å². The first-order valence-corrected chi connectivity index (χ1v) is 9.78. The number of quaternary nitrogens is 1. The first-order chi connectivity index (χ1) is 9.30. The molecule has 0 atom stereocenters. The lowest BCUT2D eigenvalue weighted by Crippen LogP contribution is -2.38. The predicted molar refractivity (Wildman–Crippen MR) is 94.6 cm³/mol. The number of rotatable bonds is 5. The molecule has 1 aromatic rings. The Morgan fingerprint density at radius 3 is 2.50 bits per heavy atom.